The fourth-order valence-electron chi connectivity index (χ4n) is 3.24. The maximum atomic E-state index is 6.00. The summed E-state index contributed by atoms with van der Waals surface area (Å²) in [6, 6.07) is 9.77. The zero-order chi connectivity index (χ0) is 18.4. The number of nitrogens with zero attached hydrogens (tertiary/aromatic N) is 5. The molecule has 5 aromatic rings. The van der Waals surface area contributed by atoms with E-state index in [0.717, 1.165) is 45.2 Å². The van der Waals surface area contributed by atoms with E-state index in [9.17, 15) is 0 Å². The normalized spacial score (nSPS) is 11.5. The van der Waals surface area contributed by atoms with Crippen LogP contribution in [-0.2, 0) is 6.42 Å². The summed E-state index contributed by atoms with van der Waals surface area (Å²) in [6.07, 6.45) is 7.79. The quantitative estimate of drug-likeness (QED) is 0.513. The molecule has 27 heavy (non-hydrogen) atoms. The van der Waals surface area contributed by atoms with E-state index in [4.69, 9.17) is 16.6 Å². The number of pyridine rings is 3. The number of aryl methyl sites for hydroxylation is 1. The molecule has 0 aliphatic carbocycles. The minimum absolute atomic E-state index is 0.596. The van der Waals surface area contributed by atoms with Crippen LogP contribution < -0.4 is 0 Å². The third-order valence-electron chi connectivity index (χ3n) is 4.52. The Bertz CT molecular complexity index is 1240. The first-order valence-corrected chi connectivity index (χ1v) is 8.93. The summed E-state index contributed by atoms with van der Waals surface area (Å²) >= 11 is 6.00. The molecule has 7 heteroatoms. The lowest BCUT2D eigenvalue weighted by molar-refractivity contribution is 0.959. The van der Waals surface area contributed by atoms with Crippen LogP contribution >= 0.6 is 11.6 Å². The second-order valence-electron chi connectivity index (χ2n) is 6.45. The van der Waals surface area contributed by atoms with Gasteiger partial charge in [0.05, 0.1) is 28.1 Å². The second-order valence-corrected chi connectivity index (χ2v) is 6.89. The van der Waals surface area contributed by atoms with Gasteiger partial charge in [-0.25, -0.2) is 9.97 Å². The minimum atomic E-state index is 0.596. The molecule has 0 unspecified atom stereocenters. The largest absolute Gasteiger partial charge is 0.342 e. The standard InChI is InChI=1S/C20H15ClN6/c1-12-5-7-27-17(9-18-24-14-4-6-22-11-16(14)25-18)20(26-19(27)8-12)15-3-2-13(21)10-23-15/h2-8,10-11H,9H2,1H3,(H,24,25). The number of H-pyrrole nitrogens is 1. The molecule has 0 bridgehead atoms. The lowest BCUT2D eigenvalue weighted by atomic mass is 10.2. The predicted octanol–water partition coefficient (Wildman–Crippen LogP) is 4.22. The first kappa shape index (κ1) is 16.0. The minimum Gasteiger partial charge on any atom is -0.342 e. The number of nitrogens with one attached hydrogen (secondary N) is 1. The average molecular weight is 375 g/mol. The van der Waals surface area contributed by atoms with Crippen LogP contribution in [0, 0.1) is 6.92 Å². The van der Waals surface area contributed by atoms with E-state index in [2.05, 4.69) is 43.4 Å². The molecule has 0 radical (unpaired) electrons. The maximum absolute atomic E-state index is 6.00. The monoisotopic (exact) mass is 374 g/mol. The van der Waals surface area contributed by atoms with E-state index < -0.39 is 0 Å². The number of aromatic nitrogens is 6. The molecule has 0 atom stereocenters. The van der Waals surface area contributed by atoms with E-state index in [1.54, 1.807) is 18.6 Å². The predicted molar refractivity (Wildman–Crippen MR) is 105 cm³/mol. The van der Waals surface area contributed by atoms with Gasteiger partial charge in [-0.2, -0.15) is 0 Å². The number of hydrogen-bond acceptors (Lipinski definition) is 4. The van der Waals surface area contributed by atoms with Gasteiger partial charge in [0.15, 0.2) is 0 Å². The van der Waals surface area contributed by atoms with Gasteiger partial charge in [0.25, 0.3) is 0 Å². The molecule has 0 aromatic carbocycles. The van der Waals surface area contributed by atoms with Crippen molar-refractivity contribution in [3.8, 4) is 11.4 Å². The van der Waals surface area contributed by atoms with Gasteiger partial charge < -0.3 is 9.38 Å². The van der Waals surface area contributed by atoms with Crippen molar-refractivity contribution < 1.29 is 0 Å². The van der Waals surface area contributed by atoms with E-state index in [-0.39, 0.29) is 0 Å². The number of halogens is 1. The molecule has 0 fully saturated rings. The Morgan fingerprint density at radius 2 is 2.04 bits per heavy atom. The van der Waals surface area contributed by atoms with Gasteiger partial charge >= 0.3 is 0 Å². The molecule has 0 aliphatic rings. The Labute approximate surface area is 159 Å². The third kappa shape index (κ3) is 2.84. The Hall–Kier alpha value is -3.25. The molecule has 132 valence electrons. The van der Waals surface area contributed by atoms with E-state index in [1.807, 2.05) is 24.4 Å². The van der Waals surface area contributed by atoms with Crippen molar-refractivity contribution in [3.05, 3.63) is 77.2 Å². The van der Waals surface area contributed by atoms with Gasteiger partial charge in [-0.05, 0) is 42.8 Å². The highest BCUT2D eigenvalue weighted by Gasteiger charge is 2.17. The van der Waals surface area contributed by atoms with Gasteiger partial charge in [-0.1, -0.05) is 11.6 Å². The zero-order valence-electron chi connectivity index (χ0n) is 14.5. The summed E-state index contributed by atoms with van der Waals surface area (Å²) in [6.45, 7) is 2.06. The van der Waals surface area contributed by atoms with Crippen LogP contribution in [-0.4, -0.2) is 29.3 Å². The summed E-state index contributed by atoms with van der Waals surface area (Å²) in [4.78, 5) is 21.4. The SMILES string of the molecule is Cc1ccn2c(Cc3nc4cnccc4[nH]3)c(-c3ccc(Cl)cn3)nc2c1. The molecule has 0 saturated heterocycles. The summed E-state index contributed by atoms with van der Waals surface area (Å²) in [7, 11) is 0. The summed E-state index contributed by atoms with van der Waals surface area (Å²) < 4.78 is 2.09. The molecule has 0 saturated carbocycles. The fourth-order valence-corrected chi connectivity index (χ4v) is 3.35. The van der Waals surface area contributed by atoms with Crippen LogP contribution in [0.1, 0.15) is 17.1 Å². The summed E-state index contributed by atoms with van der Waals surface area (Å²) in [5, 5.41) is 0.602. The molecule has 5 heterocycles. The van der Waals surface area contributed by atoms with Crippen LogP contribution in [0.15, 0.2) is 55.1 Å². The smallest absolute Gasteiger partial charge is 0.138 e. The first-order valence-electron chi connectivity index (χ1n) is 8.55. The summed E-state index contributed by atoms with van der Waals surface area (Å²) in [5.41, 5.74) is 6.49. The fraction of sp³-hybridized carbons (Fsp3) is 0.100. The number of aromatic amines is 1. The number of rotatable bonds is 3. The molecule has 5 aromatic heterocycles. The Morgan fingerprint density at radius 1 is 1.11 bits per heavy atom. The summed E-state index contributed by atoms with van der Waals surface area (Å²) in [5.74, 6) is 0.857. The van der Waals surface area contributed by atoms with Crippen molar-refractivity contribution in [1.29, 1.82) is 0 Å². The first-order chi connectivity index (χ1) is 13.2. The topological polar surface area (TPSA) is 71.8 Å². The van der Waals surface area contributed by atoms with Crippen molar-refractivity contribution >= 4 is 28.3 Å². The van der Waals surface area contributed by atoms with Gasteiger partial charge in [0, 0.05) is 25.0 Å². The van der Waals surface area contributed by atoms with Gasteiger partial charge in [0.2, 0.25) is 0 Å². The molecule has 0 amide bonds. The highest BCUT2D eigenvalue weighted by Crippen LogP contribution is 2.26. The number of fused-ring (bicyclic) bond motifs is 2. The molecule has 0 spiro atoms. The van der Waals surface area contributed by atoms with Gasteiger partial charge in [-0.15, -0.1) is 0 Å². The highest BCUT2D eigenvalue weighted by molar-refractivity contribution is 6.30. The highest BCUT2D eigenvalue weighted by atomic mass is 35.5. The number of hydrogen-bond donors (Lipinski definition) is 1. The van der Waals surface area contributed by atoms with E-state index >= 15 is 0 Å². The Kier molecular flexibility index (Phi) is 3.65. The Balaban J connectivity index is 1.68. The average Bonchev–Trinajstić information content (AvgIpc) is 3.23. The van der Waals surface area contributed by atoms with Crippen LogP contribution in [0.5, 0.6) is 0 Å². The van der Waals surface area contributed by atoms with Crippen molar-refractivity contribution in [3.63, 3.8) is 0 Å². The van der Waals surface area contributed by atoms with Crippen LogP contribution in [0.3, 0.4) is 0 Å². The Morgan fingerprint density at radius 3 is 2.85 bits per heavy atom. The molecular weight excluding hydrogens is 360 g/mol. The van der Waals surface area contributed by atoms with Crippen molar-refractivity contribution in [2.45, 2.75) is 13.3 Å². The van der Waals surface area contributed by atoms with Crippen molar-refractivity contribution in [2.24, 2.45) is 0 Å². The van der Waals surface area contributed by atoms with E-state index in [1.165, 1.54) is 0 Å². The molecule has 1 N–H and O–H groups in total. The lowest BCUT2D eigenvalue weighted by Gasteiger charge is -2.04. The van der Waals surface area contributed by atoms with Crippen molar-refractivity contribution in [1.82, 2.24) is 29.3 Å². The zero-order valence-corrected chi connectivity index (χ0v) is 15.3. The molecular formula is C20H15ClN6. The van der Waals surface area contributed by atoms with Crippen LogP contribution in [0.2, 0.25) is 5.02 Å². The van der Waals surface area contributed by atoms with Crippen molar-refractivity contribution in [2.75, 3.05) is 0 Å². The van der Waals surface area contributed by atoms with Gasteiger partial charge in [0.1, 0.15) is 22.7 Å². The maximum Gasteiger partial charge on any atom is 0.138 e. The molecule has 0 aliphatic heterocycles. The second kappa shape index (κ2) is 6.17. The van der Waals surface area contributed by atoms with Gasteiger partial charge in [-0.3, -0.25) is 9.97 Å². The molecule has 6 nitrogen and oxygen atoms in total. The number of imidazole rings is 2. The van der Waals surface area contributed by atoms with Crippen LogP contribution in [0.4, 0.5) is 0 Å². The van der Waals surface area contributed by atoms with Crippen LogP contribution in [0.25, 0.3) is 28.1 Å². The molecule has 5 rings (SSSR count). The lowest BCUT2D eigenvalue weighted by Crippen LogP contribution is -1.99. The van der Waals surface area contributed by atoms with E-state index in [0.29, 0.717) is 11.4 Å². The third-order valence-corrected chi connectivity index (χ3v) is 4.74.